The highest BCUT2D eigenvalue weighted by Crippen LogP contribution is 2.29. The van der Waals surface area contributed by atoms with Crippen molar-refractivity contribution in [3.05, 3.63) is 39.5 Å². The average Bonchev–Trinajstić information content (AvgIpc) is 2.61. The van der Waals surface area contributed by atoms with E-state index in [2.05, 4.69) is 21.1 Å². The van der Waals surface area contributed by atoms with Crippen molar-refractivity contribution in [2.24, 2.45) is 0 Å². The molecule has 0 atom stereocenters. The van der Waals surface area contributed by atoms with E-state index in [1.807, 2.05) is 12.1 Å². The number of benzene rings is 1. The second kappa shape index (κ2) is 4.35. The number of hydrogen-bond acceptors (Lipinski definition) is 3. The zero-order chi connectivity index (χ0) is 10.8. The van der Waals surface area contributed by atoms with Gasteiger partial charge in [-0.15, -0.1) is 0 Å². The molecule has 1 aromatic heterocycles. The Morgan fingerprint density at radius 3 is 2.60 bits per heavy atom. The van der Waals surface area contributed by atoms with E-state index in [0.717, 1.165) is 5.56 Å². The van der Waals surface area contributed by atoms with Crippen LogP contribution in [0.15, 0.2) is 33.4 Å². The van der Waals surface area contributed by atoms with Crippen LogP contribution in [0.3, 0.4) is 0 Å². The third-order valence-electron chi connectivity index (χ3n) is 2.00. The molecule has 1 heterocycles. The van der Waals surface area contributed by atoms with Crippen molar-refractivity contribution in [1.82, 2.24) is 5.16 Å². The summed E-state index contributed by atoms with van der Waals surface area (Å²) in [6.07, 6.45) is 0. The van der Waals surface area contributed by atoms with Crippen molar-refractivity contribution in [1.29, 1.82) is 0 Å². The van der Waals surface area contributed by atoms with Crippen molar-refractivity contribution >= 4 is 27.5 Å². The maximum Gasteiger partial charge on any atom is 0.173 e. The zero-order valence-corrected chi connectivity index (χ0v) is 9.92. The molecule has 1 N–H and O–H groups in total. The fourth-order valence-corrected chi connectivity index (χ4v) is 1.76. The largest absolute Gasteiger partial charge is 0.391 e. The lowest BCUT2D eigenvalue weighted by atomic mass is 10.1. The van der Waals surface area contributed by atoms with E-state index >= 15 is 0 Å². The number of aliphatic hydroxyl groups is 1. The number of nitrogens with zero attached hydrogens (tertiary/aromatic N) is 1. The number of aromatic nitrogens is 1. The highest BCUT2D eigenvalue weighted by Gasteiger charge is 2.14. The van der Waals surface area contributed by atoms with Crippen LogP contribution in [0.4, 0.5) is 0 Å². The van der Waals surface area contributed by atoms with Gasteiger partial charge in [-0.1, -0.05) is 16.8 Å². The van der Waals surface area contributed by atoms with Gasteiger partial charge in [0.05, 0.1) is 12.2 Å². The first-order valence-electron chi connectivity index (χ1n) is 4.23. The monoisotopic (exact) mass is 287 g/mol. The molecular weight excluding hydrogens is 281 g/mol. The molecule has 0 aliphatic carbocycles. The van der Waals surface area contributed by atoms with E-state index in [1.54, 1.807) is 12.1 Å². The molecule has 0 aliphatic heterocycles. The maximum absolute atomic E-state index is 9.15. The van der Waals surface area contributed by atoms with Gasteiger partial charge < -0.3 is 9.63 Å². The van der Waals surface area contributed by atoms with E-state index in [4.69, 9.17) is 21.2 Å². The molecule has 78 valence electrons. The van der Waals surface area contributed by atoms with Gasteiger partial charge in [0.2, 0.25) is 0 Å². The van der Waals surface area contributed by atoms with Crippen molar-refractivity contribution in [2.45, 2.75) is 6.61 Å². The van der Waals surface area contributed by atoms with Gasteiger partial charge in [-0.25, -0.2) is 0 Å². The number of halogens is 2. The molecule has 0 spiro atoms. The van der Waals surface area contributed by atoms with Crippen LogP contribution in [0.2, 0.25) is 5.02 Å². The lowest BCUT2D eigenvalue weighted by Gasteiger charge is -1.98. The van der Waals surface area contributed by atoms with Crippen LogP contribution in [0.1, 0.15) is 5.56 Å². The van der Waals surface area contributed by atoms with Gasteiger partial charge >= 0.3 is 0 Å². The molecule has 0 fully saturated rings. The molecule has 2 aromatic rings. The highest BCUT2D eigenvalue weighted by molar-refractivity contribution is 9.10. The molecule has 0 saturated heterocycles. The normalized spacial score (nSPS) is 10.6. The minimum Gasteiger partial charge on any atom is -0.391 e. The van der Waals surface area contributed by atoms with Crippen LogP contribution in [-0.4, -0.2) is 10.3 Å². The first-order valence-corrected chi connectivity index (χ1v) is 5.40. The Morgan fingerprint density at radius 2 is 2.00 bits per heavy atom. The van der Waals surface area contributed by atoms with Crippen molar-refractivity contribution in [3.63, 3.8) is 0 Å². The third kappa shape index (κ3) is 2.07. The standard InChI is InChI=1S/C10H7BrClNO2/c11-10-8(5-14)9(15-13-10)6-1-3-7(12)4-2-6/h1-4,14H,5H2. The topological polar surface area (TPSA) is 46.3 Å². The molecule has 3 nitrogen and oxygen atoms in total. The Morgan fingerprint density at radius 1 is 1.33 bits per heavy atom. The smallest absolute Gasteiger partial charge is 0.173 e. The lowest BCUT2D eigenvalue weighted by molar-refractivity contribution is 0.281. The van der Waals surface area contributed by atoms with Crippen LogP contribution in [0.25, 0.3) is 11.3 Å². The molecule has 15 heavy (non-hydrogen) atoms. The number of aliphatic hydroxyl groups excluding tert-OH is 1. The molecule has 0 amide bonds. The van der Waals surface area contributed by atoms with Gasteiger partial charge in [0.25, 0.3) is 0 Å². The number of hydrogen-bond donors (Lipinski definition) is 1. The predicted octanol–water partition coefficient (Wildman–Crippen LogP) is 3.25. The first kappa shape index (κ1) is 10.7. The fraction of sp³-hybridized carbons (Fsp3) is 0.100. The summed E-state index contributed by atoms with van der Waals surface area (Å²) in [6, 6.07) is 7.14. The first-order chi connectivity index (χ1) is 7.22. The Kier molecular flexibility index (Phi) is 3.09. The fourth-order valence-electron chi connectivity index (χ4n) is 1.25. The second-order valence-electron chi connectivity index (χ2n) is 2.95. The minimum absolute atomic E-state index is 0.123. The van der Waals surface area contributed by atoms with Crippen molar-refractivity contribution in [2.75, 3.05) is 0 Å². The van der Waals surface area contributed by atoms with Gasteiger partial charge in [0.1, 0.15) is 0 Å². The van der Waals surface area contributed by atoms with Gasteiger partial charge in [-0.3, -0.25) is 0 Å². The summed E-state index contributed by atoms with van der Waals surface area (Å²) in [5.74, 6) is 0.557. The van der Waals surface area contributed by atoms with E-state index in [0.29, 0.717) is 20.9 Å². The van der Waals surface area contributed by atoms with Crippen molar-refractivity contribution in [3.8, 4) is 11.3 Å². The zero-order valence-electron chi connectivity index (χ0n) is 7.58. The van der Waals surface area contributed by atoms with E-state index in [-0.39, 0.29) is 6.61 Å². The Hall–Kier alpha value is -0.840. The summed E-state index contributed by atoms with van der Waals surface area (Å²) in [7, 11) is 0. The van der Waals surface area contributed by atoms with Gasteiger partial charge in [-0.2, -0.15) is 0 Å². The van der Waals surface area contributed by atoms with Crippen LogP contribution < -0.4 is 0 Å². The molecule has 2 rings (SSSR count). The molecular formula is C10H7BrClNO2. The Labute approximate surface area is 99.8 Å². The van der Waals surface area contributed by atoms with E-state index in [9.17, 15) is 0 Å². The SMILES string of the molecule is OCc1c(Br)noc1-c1ccc(Cl)cc1. The second-order valence-corrected chi connectivity index (χ2v) is 4.13. The van der Waals surface area contributed by atoms with Gasteiger partial charge in [-0.05, 0) is 40.2 Å². The van der Waals surface area contributed by atoms with Crippen molar-refractivity contribution < 1.29 is 9.63 Å². The number of rotatable bonds is 2. The summed E-state index contributed by atoms with van der Waals surface area (Å²) in [5.41, 5.74) is 1.47. The van der Waals surface area contributed by atoms with Crippen LogP contribution in [0, 0.1) is 0 Å². The summed E-state index contributed by atoms with van der Waals surface area (Å²) in [5, 5.41) is 13.5. The molecule has 1 aromatic carbocycles. The van der Waals surface area contributed by atoms with E-state index in [1.165, 1.54) is 0 Å². The summed E-state index contributed by atoms with van der Waals surface area (Å²) in [6.45, 7) is -0.123. The molecule has 5 heteroatoms. The summed E-state index contributed by atoms with van der Waals surface area (Å²) < 4.78 is 5.64. The van der Waals surface area contributed by atoms with Crippen LogP contribution >= 0.6 is 27.5 Å². The van der Waals surface area contributed by atoms with E-state index < -0.39 is 0 Å². The maximum atomic E-state index is 9.15. The molecule has 0 radical (unpaired) electrons. The molecule has 0 bridgehead atoms. The third-order valence-corrected chi connectivity index (χ3v) is 2.88. The summed E-state index contributed by atoms with van der Waals surface area (Å²) in [4.78, 5) is 0. The molecule has 0 aliphatic rings. The lowest BCUT2D eigenvalue weighted by Crippen LogP contribution is -1.85. The molecule has 0 unspecified atom stereocenters. The van der Waals surface area contributed by atoms with Gasteiger partial charge in [0, 0.05) is 10.6 Å². The van der Waals surface area contributed by atoms with Crippen LogP contribution in [-0.2, 0) is 6.61 Å². The quantitative estimate of drug-likeness (QED) is 0.922. The summed E-state index contributed by atoms with van der Waals surface area (Å²) >= 11 is 8.97. The minimum atomic E-state index is -0.123. The Balaban J connectivity index is 2.49. The predicted molar refractivity (Wildman–Crippen MR) is 60.6 cm³/mol. The average molecular weight is 289 g/mol. The highest BCUT2D eigenvalue weighted by atomic mass is 79.9. The Bertz CT molecular complexity index is 467. The van der Waals surface area contributed by atoms with Crippen LogP contribution in [0.5, 0.6) is 0 Å². The molecule has 0 saturated carbocycles. The van der Waals surface area contributed by atoms with Gasteiger partial charge in [0.15, 0.2) is 10.4 Å².